The van der Waals surface area contributed by atoms with Crippen LogP contribution in [0.5, 0.6) is 5.75 Å². The van der Waals surface area contributed by atoms with Gasteiger partial charge in [-0.3, -0.25) is 4.55 Å². The minimum Gasteiger partial charge on any atom is -0.507 e. The Bertz CT molecular complexity index is 727. The van der Waals surface area contributed by atoms with Gasteiger partial charge in [0.2, 0.25) is 0 Å². The molecule has 0 aliphatic heterocycles. The Labute approximate surface area is 107 Å². The van der Waals surface area contributed by atoms with Gasteiger partial charge in [-0.25, -0.2) is 0 Å². The Morgan fingerprint density at radius 1 is 1.17 bits per heavy atom. The molecule has 0 saturated carbocycles. The van der Waals surface area contributed by atoms with E-state index in [1.54, 1.807) is 0 Å². The van der Waals surface area contributed by atoms with Gasteiger partial charge in [0.15, 0.2) is 0 Å². The average molecular weight is 287 g/mol. The molecule has 0 atom stereocenters. The Balaban J connectivity index is 2.87. The lowest BCUT2D eigenvalue weighted by atomic mass is 10.1. The first-order chi connectivity index (χ1) is 8.32. The Hall–Kier alpha value is -1.48. The first-order valence-electron chi connectivity index (χ1n) is 4.68. The molecule has 2 aromatic rings. The summed E-state index contributed by atoms with van der Waals surface area (Å²) in [6.07, 6.45) is 0. The summed E-state index contributed by atoms with van der Waals surface area (Å²) in [5.41, 5.74) is 5.89. The predicted molar refractivity (Wildman–Crippen MR) is 68.3 cm³/mol. The van der Waals surface area contributed by atoms with Gasteiger partial charge < -0.3 is 15.4 Å². The third-order valence-corrected chi connectivity index (χ3v) is 3.69. The number of anilines is 1. The van der Waals surface area contributed by atoms with E-state index in [0.717, 1.165) is 6.07 Å². The molecule has 6 nitrogen and oxygen atoms in total. The molecule has 0 bridgehead atoms. The second-order valence-electron chi connectivity index (χ2n) is 3.62. The quantitative estimate of drug-likeness (QED) is 0.378. The number of benzene rings is 2. The lowest BCUT2D eigenvalue weighted by molar-refractivity contribution is 0.471. The number of phenols is 1. The molecule has 0 heterocycles. The summed E-state index contributed by atoms with van der Waals surface area (Å²) in [6.45, 7) is 0. The van der Waals surface area contributed by atoms with E-state index in [0.29, 0.717) is 22.3 Å². The van der Waals surface area contributed by atoms with Gasteiger partial charge in [-0.05, 0) is 23.6 Å². The van der Waals surface area contributed by atoms with Crippen LogP contribution in [0, 0.1) is 0 Å². The third kappa shape index (κ3) is 2.23. The topological polar surface area (TPSA) is 121 Å². The number of fused-ring (bicyclic) bond motifs is 1. The summed E-state index contributed by atoms with van der Waals surface area (Å²) >= 11 is 0.443. The molecule has 2 aromatic carbocycles. The monoisotopic (exact) mass is 287 g/mol. The number of aromatic hydroxyl groups is 1. The van der Waals surface area contributed by atoms with Gasteiger partial charge in [-0.1, -0.05) is 0 Å². The summed E-state index contributed by atoms with van der Waals surface area (Å²) < 4.78 is 39.9. The van der Waals surface area contributed by atoms with Gasteiger partial charge in [0.05, 0.1) is 4.90 Å². The lowest BCUT2D eigenvalue weighted by Crippen LogP contribution is -1.98. The first kappa shape index (κ1) is 13.0. The summed E-state index contributed by atoms with van der Waals surface area (Å²) in [5, 5.41) is 10.3. The minimum absolute atomic E-state index is 0.198. The smallest absolute Gasteiger partial charge is 0.294 e. The van der Waals surface area contributed by atoms with Crippen LogP contribution >= 0.6 is 12.0 Å². The first-order valence-corrected chi connectivity index (χ1v) is 6.89. The maximum atomic E-state index is 11.0. The van der Waals surface area contributed by atoms with Crippen LogP contribution in [0.3, 0.4) is 0 Å². The van der Waals surface area contributed by atoms with Gasteiger partial charge in [0.25, 0.3) is 10.1 Å². The summed E-state index contributed by atoms with van der Waals surface area (Å²) in [4.78, 5) is -0.0427. The van der Waals surface area contributed by atoms with Crippen molar-refractivity contribution in [3.05, 3.63) is 24.3 Å². The number of hydrogen-bond donors (Lipinski definition) is 4. The summed E-state index contributed by atoms with van der Waals surface area (Å²) in [7, 11) is -4.42. The Morgan fingerprint density at radius 3 is 2.39 bits per heavy atom. The van der Waals surface area contributed by atoms with Crippen LogP contribution in [0.4, 0.5) is 5.69 Å². The normalized spacial score (nSPS) is 11.9. The van der Waals surface area contributed by atoms with Crippen molar-refractivity contribution in [1.29, 1.82) is 0 Å². The van der Waals surface area contributed by atoms with Crippen LogP contribution in [0.1, 0.15) is 0 Å². The minimum atomic E-state index is -4.42. The van der Waals surface area contributed by atoms with Crippen LogP contribution < -0.4 is 5.73 Å². The third-order valence-electron chi connectivity index (χ3n) is 2.41. The molecule has 0 radical (unpaired) electrons. The fourth-order valence-electron chi connectivity index (χ4n) is 1.67. The molecular formula is C10H9NO5S2. The molecule has 8 heteroatoms. The molecule has 0 spiro atoms. The van der Waals surface area contributed by atoms with E-state index in [1.807, 2.05) is 0 Å². The van der Waals surface area contributed by atoms with E-state index in [-0.39, 0.29) is 16.8 Å². The zero-order valence-electron chi connectivity index (χ0n) is 8.86. The molecule has 5 N–H and O–H groups in total. The van der Waals surface area contributed by atoms with Crippen molar-refractivity contribution in [3.8, 4) is 5.75 Å². The van der Waals surface area contributed by atoms with Crippen LogP contribution in [-0.2, 0) is 10.1 Å². The molecule has 0 fully saturated rings. The van der Waals surface area contributed by atoms with Gasteiger partial charge >= 0.3 is 0 Å². The van der Waals surface area contributed by atoms with Crippen molar-refractivity contribution in [2.45, 2.75) is 9.79 Å². The average Bonchev–Trinajstić information content (AvgIpc) is 2.26. The standard InChI is InChI=1S/C10H9NO5S2/c11-8-3-6(17-13)1-5-2-7(18(14,15)16)4-9(12)10(5)8/h1-4,12-13H,11H2,(H,14,15,16). The van der Waals surface area contributed by atoms with Crippen LogP contribution in [-0.4, -0.2) is 22.6 Å². The Morgan fingerprint density at radius 2 is 1.83 bits per heavy atom. The molecule has 0 aliphatic rings. The molecule has 18 heavy (non-hydrogen) atoms. The highest BCUT2D eigenvalue weighted by molar-refractivity contribution is 7.93. The summed E-state index contributed by atoms with van der Waals surface area (Å²) in [5.74, 6) is -0.355. The van der Waals surface area contributed by atoms with Gasteiger partial charge in [0, 0.05) is 34.1 Å². The second-order valence-corrected chi connectivity index (χ2v) is 5.69. The van der Waals surface area contributed by atoms with Crippen molar-refractivity contribution < 1.29 is 22.6 Å². The largest absolute Gasteiger partial charge is 0.507 e. The lowest BCUT2D eigenvalue weighted by Gasteiger charge is -2.08. The van der Waals surface area contributed by atoms with E-state index in [2.05, 4.69) is 0 Å². The summed E-state index contributed by atoms with van der Waals surface area (Å²) in [6, 6.07) is 4.98. The predicted octanol–water partition coefficient (Wildman–Crippen LogP) is 1.94. The van der Waals surface area contributed by atoms with E-state index < -0.39 is 15.0 Å². The fraction of sp³-hybridized carbons (Fsp3) is 0. The molecule has 0 saturated heterocycles. The van der Waals surface area contributed by atoms with Crippen LogP contribution in [0.2, 0.25) is 0 Å². The molecule has 0 unspecified atom stereocenters. The maximum Gasteiger partial charge on any atom is 0.294 e. The highest BCUT2D eigenvalue weighted by Gasteiger charge is 2.15. The van der Waals surface area contributed by atoms with Crippen molar-refractivity contribution in [2.24, 2.45) is 0 Å². The zero-order valence-corrected chi connectivity index (χ0v) is 10.5. The molecule has 0 amide bonds. The number of rotatable bonds is 2. The number of nitrogen functional groups attached to an aromatic ring is 1. The number of nitrogens with two attached hydrogens (primary N) is 1. The molecule has 2 rings (SSSR count). The molecule has 0 aliphatic carbocycles. The maximum absolute atomic E-state index is 11.0. The van der Waals surface area contributed by atoms with Crippen molar-refractivity contribution in [3.63, 3.8) is 0 Å². The second kappa shape index (κ2) is 4.32. The van der Waals surface area contributed by atoms with E-state index >= 15 is 0 Å². The Kier molecular flexibility index (Phi) is 3.11. The van der Waals surface area contributed by atoms with Crippen molar-refractivity contribution in [1.82, 2.24) is 0 Å². The number of phenolic OH excluding ortho intramolecular Hbond substituents is 1. The van der Waals surface area contributed by atoms with Crippen molar-refractivity contribution in [2.75, 3.05) is 5.73 Å². The highest BCUT2D eigenvalue weighted by atomic mass is 32.2. The van der Waals surface area contributed by atoms with E-state index in [9.17, 15) is 13.5 Å². The highest BCUT2D eigenvalue weighted by Crippen LogP contribution is 2.35. The number of hydrogen-bond acceptors (Lipinski definition) is 6. The van der Waals surface area contributed by atoms with E-state index in [4.69, 9.17) is 14.8 Å². The van der Waals surface area contributed by atoms with Crippen molar-refractivity contribution >= 4 is 38.6 Å². The van der Waals surface area contributed by atoms with Gasteiger partial charge in [0.1, 0.15) is 5.75 Å². The van der Waals surface area contributed by atoms with E-state index in [1.165, 1.54) is 18.2 Å². The van der Waals surface area contributed by atoms with Gasteiger partial charge in [-0.15, -0.1) is 0 Å². The molecular weight excluding hydrogens is 278 g/mol. The fourth-order valence-corrected chi connectivity index (χ4v) is 2.57. The SMILES string of the molecule is Nc1cc(SO)cc2cc(S(=O)(=O)O)cc(O)c12. The molecule has 96 valence electrons. The van der Waals surface area contributed by atoms with Crippen LogP contribution in [0.15, 0.2) is 34.1 Å². The van der Waals surface area contributed by atoms with Crippen LogP contribution in [0.25, 0.3) is 10.8 Å². The van der Waals surface area contributed by atoms with Gasteiger partial charge in [-0.2, -0.15) is 8.42 Å². The zero-order chi connectivity index (χ0) is 13.5. The molecule has 0 aromatic heterocycles.